The Kier molecular flexibility index (Phi) is 13.7. The lowest BCUT2D eigenvalue weighted by atomic mass is 10.1. The van der Waals surface area contributed by atoms with Crippen molar-refractivity contribution in [1.82, 2.24) is 4.90 Å². The summed E-state index contributed by atoms with van der Waals surface area (Å²) in [6.07, 6.45) is 21.1. The summed E-state index contributed by atoms with van der Waals surface area (Å²) in [6, 6.07) is 0. The van der Waals surface area contributed by atoms with Crippen LogP contribution in [0.1, 0.15) is 103 Å². The van der Waals surface area contributed by atoms with Gasteiger partial charge in [-0.05, 0) is 44.9 Å². The number of aliphatic hydroxyl groups excluding tert-OH is 1. The van der Waals surface area contributed by atoms with Crippen molar-refractivity contribution >= 4 is 5.91 Å². The second-order valence-electron chi connectivity index (χ2n) is 7.60. The fourth-order valence-corrected chi connectivity index (χ4v) is 3.49. The van der Waals surface area contributed by atoms with Crippen LogP contribution in [0.5, 0.6) is 0 Å². The van der Waals surface area contributed by atoms with Crippen LogP contribution in [0.15, 0.2) is 12.2 Å². The first-order chi connectivity index (χ1) is 12.2. The third-order valence-corrected chi connectivity index (χ3v) is 5.19. The maximum absolute atomic E-state index is 11.9. The Bertz CT molecular complexity index is 348. The van der Waals surface area contributed by atoms with E-state index in [9.17, 15) is 9.90 Å². The Morgan fingerprint density at radius 3 is 2.40 bits per heavy atom. The van der Waals surface area contributed by atoms with Crippen LogP contribution in [0.4, 0.5) is 0 Å². The molecule has 1 rings (SSSR count). The quantitative estimate of drug-likeness (QED) is 0.307. The predicted molar refractivity (Wildman–Crippen MR) is 107 cm³/mol. The van der Waals surface area contributed by atoms with E-state index in [4.69, 9.17) is 0 Å². The van der Waals surface area contributed by atoms with Crippen molar-refractivity contribution in [3.8, 4) is 0 Å². The second-order valence-corrected chi connectivity index (χ2v) is 7.60. The minimum absolute atomic E-state index is 0.152. The molecular weight excluding hydrogens is 310 g/mol. The Hall–Kier alpha value is -0.830. The van der Waals surface area contributed by atoms with Gasteiger partial charge < -0.3 is 10.0 Å². The van der Waals surface area contributed by atoms with Gasteiger partial charge in [0.05, 0.1) is 6.10 Å². The lowest BCUT2D eigenvalue weighted by molar-refractivity contribution is -0.130. The normalized spacial score (nSPS) is 16.0. The summed E-state index contributed by atoms with van der Waals surface area (Å²) < 4.78 is 0. The van der Waals surface area contributed by atoms with Gasteiger partial charge in [-0.1, -0.05) is 64.0 Å². The number of unbranched alkanes of at least 4 members (excludes halogenated alkanes) is 8. The first-order valence-corrected chi connectivity index (χ1v) is 10.8. The molecule has 0 bridgehead atoms. The summed E-state index contributed by atoms with van der Waals surface area (Å²) in [5.74, 6) is 0.369. The van der Waals surface area contributed by atoms with E-state index in [-0.39, 0.29) is 6.10 Å². The molecule has 1 N–H and O–H groups in total. The first-order valence-electron chi connectivity index (χ1n) is 10.8. The van der Waals surface area contributed by atoms with Crippen molar-refractivity contribution in [3.63, 3.8) is 0 Å². The van der Waals surface area contributed by atoms with Crippen LogP contribution in [-0.4, -0.2) is 35.1 Å². The number of carbonyl (C=O) groups excluding carboxylic acids is 1. The number of likely N-dealkylation sites (tertiary alicyclic amines) is 1. The van der Waals surface area contributed by atoms with Crippen molar-refractivity contribution in [2.24, 2.45) is 0 Å². The van der Waals surface area contributed by atoms with Crippen LogP contribution in [-0.2, 0) is 4.79 Å². The second kappa shape index (κ2) is 15.4. The number of rotatable bonds is 15. The first kappa shape index (κ1) is 22.2. The smallest absolute Gasteiger partial charge is 0.222 e. The third-order valence-electron chi connectivity index (χ3n) is 5.19. The summed E-state index contributed by atoms with van der Waals surface area (Å²) in [6.45, 7) is 4.19. The molecule has 1 amide bonds. The Balaban J connectivity index is 1.83. The molecular formula is C22H41NO2. The predicted octanol–water partition coefficient (Wildman–Crippen LogP) is 5.62. The van der Waals surface area contributed by atoms with Gasteiger partial charge >= 0.3 is 0 Å². The average molecular weight is 352 g/mol. The zero-order valence-corrected chi connectivity index (χ0v) is 16.6. The third kappa shape index (κ3) is 12.2. The van der Waals surface area contributed by atoms with Crippen molar-refractivity contribution in [2.45, 2.75) is 109 Å². The molecule has 3 nitrogen and oxygen atoms in total. The highest BCUT2D eigenvalue weighted by atomic mass is 16.3. The lowest BCUT2D eigenvalue weighted by Gasteiger charge is -2.14. The minimum Gasteiger partial charge on any atom is -0.393 e. The summed E-state index contributed by atoms with van der Waals surface area (Å²) in [4.78, 5) is 13.9. The zero-order valence-electron chi connectivity index (χ0n) is 16.6. The van der Waals surface area contributed by atoms with Crippen molar-refractivity contribution in [3.05, 3.63) is 12.2 Å². The van der Waals surface area contributed by atoms with Crippen LogP contribution in [0.2, 0.25) is 0 Å². The molecule has 0 unspecified atom stereocenters. The zero-order chi connectivity index (χ0) is 18.2. The molecule has 1 saturated heterocycles. The van der Waals surface area contributed by atoms with Crippen LogP contribution in [0.3, 0.4) is 0 Å². The number of amides is 1. The van der Waals surface area contributed by atoms with Crippen LogP contribution in [0.25, 0.3) is 0 Å². The van der Waals surface area contributed by atoms with E-state index in [0.29, 0.717) is 5.91 Å². The maximum Gasteiger partial charge on any atom is 0.222 e. The topological polar surface area (TPSA) is 40.5 Å². The molecule has 0 aromatic heterocycles. The van der Waals surface area contributed by atoms with Gasteiger partial charge in [-0.15, -0.1) is 0 Å². The number of carbonyl (C=O) groups is 1. The molecule has 25 heavy (non-hydrogen) atoms. The van der Waals surface area contributed by atoms with E-state index < -0.39 is 0 Å². The van der Waals surface area contributed by atoms with E-state index in [1.165, 1.54) is 57.8 Å². The van der Waals surface area contributed by atoms with E-state index in [2.05, 4.69) is 19.1 Å². The number of nitrogens with zero attached hydrogens (tertiary/aromatic N) is 1. The summed E-state index contributed by atoms with van der Waals surface area (Å²) in [7, 11) is 0. The van der Waals surface area contributed by atoms with Gasteiger partial charge in [-0.25, -0.2) is 0 Å². The molecule has 0 radical (unpaired) electrons. The van der Waals surface area contributed by atoms with E-state index in [0.717, 1.165) is 51.6 Å². The van der Waals surface area contributed by atoms with E-state index >= 15 is 0 Å². The molecule has 0 aromatic rings. The molecule has 0 aromatic carbocycles. The van der Waals surface area contributed by atoms with Gasteiger partial charge in [0.25, 0.3) is 0 Å². The SMILES string of the molecule is CCCCCC[C@@H](O)CC=CCCCCCCCC(=O)N1CCCC1. The number of hydrogen-bond donors (Lipinski definition) is 1. The molecule has 146 valence electrons. The number of hydrogen-bond acceptors (Lipinski definition) is 2. The lowest BCUT2D eigenvalue weighted by Crippen LogP contribution is -2.27. The monoisotopic (exact) mass is 351 g/mol. The molecule has 0 saturated carbocycles. The molecule has 1 aliphatic heterocycles. The summed E-state index contributed by atoms with van der Waals surface area (Å²) >= 11 is 0. The van der Waals surface area contributed by atoms with Crippen LogP contribution in [0, 0.1) is 0 Å². The molecule has 0 aliphatic carbocycles. The van der Waals surface area contributed by atoms with Gasteiger partial charge in [0.2, 0.25) is 5.91 Å². The summed E-state index contributed by atoms with van der Waals surface area (Å²) in [5, 5.41) is 9.89. The minimum atomic E-state index is -0.152. The molecule has 0 spiro atoms. The highest BCUT2D eigenvalue weighted by molar-refractivity contribution is 5.76. The highest BCUT2D eigenvalue weighted by Gasteiger charge is 2.16. The van der Waals surface area contributed by atoms with Crippen LogP contribution < -0.4 is 0 Å². The van der Waals surface area contributed by atoms with Gasteiger partial charge in [0.15, 0.2) is 0 Å². The van der Waals surface area contributed by atoms with Gasteiger partial charge in [-0.2, -0.15) is 0 Å². The largest absolute Gasteiger partial charge is 0.393 e. The molecule has 1 atom stereocenters. The van der Waals surface area contributed by atoms with E-state index in [1.54, 1.807) is 0 Å². The Labute approximate surface area is 155 Å². The molecule has 1 fully saturated rings. The van der Waals surface area contributed by atoms with Crippen LogP contribution >= 0.6 is 0 Å². The standard InChI is InChI=1S/C22H41NO2/c1-2-3-4-11-16-21(24)17-12-9-7-5-6-8-10-13-18-22(25)23-19-14-15-20-23/h9,12,21,24H,2-8,10-11,13-20H2,1H3/t21-/m1/s1. The molecule has 1 aliphatic rings. The van der Waals surface area contributed by atoms with Gasteiger partial charge in [-0.3, -0.25) is 4.79 Å². The fourth-order valence-electron chi connectivity index (χ4n) is 3.49. The fraction of sp³-hybridized carbons (Fsp3) is 0.864. The maximum atomic E-state index is 11.9. The number of aliphatic hydroxyl groups is 1. The van der Waals surface area contributed by atoms with Crippen molar-refractivity contribution in [1.29, 1.82) is 0 Å². The van der Waals surface area contributed by atoms with Crippen molar-refractivity contribution < 1.29 is 9.90 Å². The van der Waals surface area contributed by atoms with Gasteiger partial charge in [0, 0.05) is 19.5 Å². The average Bonchev–Trinajstić information content (AvgIpc) is 3.15. The highest BCUT2D eigenvalue weighted by Crippen LogP contribution is 2.13. The number of allylic oxidation sites excluding steroid dienone is 1. The van der Waals surface area contributed by atoms with E-state index in [1.807, 2.05) is 4.90 Å². The summed E-state index contributed by atoms with van der Waals surface area (Å²) in [5.41, 5.74) is 0. The molecule has 1 heterocycles. The Morgan fingerprint density at radius 1 is 0.960 bits per heavy atom. The Morgan fingerprint density at radius 2 is 1.64 bits per heavy atom. The molecule has 3 heteroatoms. The van der Waals surface area contributed by atoms with Gasteiger partial charge in [0.1, 0.15) is 0 Å². The van der Waals surface area contributed by atoms with Crippen molar-refractivity contribution in [2.75, 3.05) is 13.1 Å².